The Morgan fingerprint density at radius 2 is 2.16 bits per heavy atom. The summed E-state index contributed by atoms with van der Waals surface area (Å²) in [4.78, 5) is 0. The van der Waals surface area contributed by atoms with Crippen molar-refractivity contribution in [3.63, 3.8) is 0 Å². The normalized spacial score (nSPS) is 10.8. The summed E-state index contributed by atoms with van der Waals surface area (Å²) in [5.41, 5.74) is 9.24. The van der Waals surface area contributed by atoms with Crippen molar-refractivity contribution in [3.05, 3.63) is 35.3 Å². The third-order valence-electron chi connectivity index (χ3n) is 3.24. The molecule has 1 heterocycles. The molecule has 5 heteroatoms. The number of nitrogens with two attached hydrogens (primary N) is 1. The van der Waals surface area contributed by atoms with Crippen molar-refractivity contribution < 1.29 is 9.13 Å². The van der Waals surface area contributed by atoms with Crippen LogP contribution in [0.25, 0.3) is 11.3 Å². The van der Waals surface area contributed by atoms with Crippen LogP contribution in [0.5, 0.6) is 5.75 Å². The largest absolute Gasteiger partial charge is 0.494 e. The molecular formula is C14H18FN3O. The van der Waals surface area contributed by atoms with Crippen LogP contribution in [0.4, 0.5) is 4.39 Å². The summed E-state index contributed by atoms with van der Waals surface area (Å²) in [7, 11) is 3.32. The van der Waals surface area contributed by atoms with Crippen molar-refractivity contribution in [2.45, 2.75) is 13.3 Å². The number of benzene rings is 1. The van der Waals surface area contributed by atoms with Crippen LogP contribution in [0.1, 0.15) is 11.3 Å². The number of hydrogen-bond donors (Lipinski definition) is 1. The van der Waals surface area contributed by atoms with E-state index in [4.69, 9.17) is 10.5 Å². The molecule has 0 fully saturated rings. The predicted molar refractivity (Wildman–Crippen MR) is 72.6 cm³/mol. The van der Waals surface area contributed by atoms with Crippen molar-refractivity contribution in [2.75, 3.05) is 13.7 Å². The van der Waals surface area contributed by atoms with Gasteiger partial charge in [0.2, 0.25) is 0 Å². The Bertz CT molecular complexity index is 593. The van der Waals surface area contributed by atoms with Crippen molar-refractivity contribution in [1.82, 2.24) is 9.78 Å². The van der Waals surface area contributed by atoms with E-state index in [1.54, 1.807) is 10.7 Å². The minimum absolute atomic E-state index is 0.236. The van der Waals surface area contributed by atoms with E-state index >= 15 is 0 Å². The molecule has 0 unspecified atom stereocenters. The second-order valence-electron chi connectivity index (χ2n) is 4.43. The minimum atomic E-state index is -0.384. The number of hydrogen-bond acceptors (Lipinski definition) is 3. The molecule has 0 saturated heterocycles. The fourth-order valence-corrected chi connectivity index (χ4v) is 2.24. The van der Waals surface area contributed by atoms with Crippen LogP contribution in [0, 0.1) is 12.7 Å². The maximum Gasteiger partial charge on any atom is 0.165 e. The summed E-state index contributed by atoms with van der Waals surface area (Å²) in [6.07, 6.45) is 0.758. The van der Waals surface area contributed by atoms with Crippen LogP contribution in [0.3, 0.4) is 0 Å². The number of aryl methyl sites for hydroxylation is 1. The van der Waals surface area contributed by atoms with Crippen molar-refractivity contribution in [2.24, 2.45) is 12.8 Å². The number of methoxy groups -OCH3 is 1. The molecule has 0 bridgehead atoms. The van der Waals surface area contributed by atoms with Crippen LogP contribution in [-0.4, -0.2) is 23.4 Å². The molecule has 0 amide bonds. The highest BCUT2D eigenvalue weighted by molar-refractivity contribution is 5.64. The van der Waals surface area contributed by atoms with E-state index in [2.05, 4.69) is 5.10 Å². The summed E-state index contributed by atoms with van der Waals surface area (Å²) in [6, 6.07) is 4.87. The molecule has 0 aliphatic carbocycles. The molecule has 0 radical (unpaired) electrons. The zero-order chi connectivity index (χ0) is 14.0. The van der Waals surface area contributed by atoms with E-state index in [1.807, 2.05) is 20.0 Å². The highest BCUT2D eigenvalue weighted by Crippen LogP contribution is 2.28. The molecule has 0 spiro atoms. The first-order valence-electron chi connectivity index (χ1n) is 6.15. The van der Waals surface area contributed by atoms with Crippen LogP contribution in [-0.2, 0) is 13.5 Å². The Morgan fingerprint density at radius 1 is 1.42 bits per heavy atom. The maximum atomic E-state index is 13.7. The molecule has 0 atom stereocenters. The molecule has 2 N–H and O–H groups in total. The van der Waals surface area contributed by atoms with Gasteiger partial charge in [-0.15, -0.1) is 0 Å². The molecule has 1 aromatic heterocycles. The Kier molecular flexibility index (Phi) is 3.85. The Labute approximate surface area is 112 Å². The zero-order valence-electron chi connectivity index (χ0n) is 11.4. The Hall–Kier alpha value is -1.88. The summed E-state index contributed by atoms with van der Waals surface area (Å²) in [6.45, 7) is 2.55. The van der Waals surface area contributed by atoms with Gasteiger partial charge in [-0.3, -0.25) is 4.68 Å². The highest BCUT2D eigenvalue weighted by Gasteiger charge is 2.14. The Balaban J connectivity index is 2.47. The molecule has 1 aromatic carbocycles. The lowest BCUT2D eigenvalue weighted by atomic mass is 10.1. The maximum absolute atomic E-state index is 13.7. The summed E-state index contributed by atoms with van der Waals surface area (Å²) >= 11 is 0. The van der Waals surface area contributed by atoms with Gasteiger partial charge >= 0.3 is 0 Å². The van der Waals surface area contributed by atoms with Gasteiger partial charge in [-0.05, 0) is 37.2 Å². The van der Waals surface area contributed by atoms with Crippen LogP contribution < -0.4 is 10.5 Å². The Morgan fingerprint density at radius 3 is 2.74 bits per heavy atom. The lowest BCUT2D eigenvalue weighted by Crippen LogP contribution is -2.08. The standard InChI is InChI=1S/C14H18FN3O/c1-9-12(6-7-16)18(2)17-14(9)10-4-5-13(19-3)11(15)8-10/h4-5,8H,6-7,16H2,1-3H3. The molecule has 0 saturated carbocycles. The highest BCUT2D eigenvalue weighted by atomic mass is 19.1. The second kappa shape index (κ2) is 5.40. The van der Waals surface area contributed by atoms with Gasteiger partial charge < -0.3 is 10.5 Å². The molecule has 4 nitrogen and oxygen atoms in total. The average molecular weight is 263 g/mol. The average Bonchev–Trinajstić information content (AvgIpc) is 2.67. The lowest BCUT2D eigenvalue weighted by molar-refractivity contribution is 0.386. The predicted octanol–water partition coefficient (Wildman–Crippen LogP) is 2.04. The van der Waals surface area contributed by atoms with E-state index < -0.39 is 0 Å². The molecule has 2 aromatic rings. The fourth-order valence-electron chi connectivity index (χ4n) is 2.24. The van der Waals surface area contributed by atoms with E-state index in [0.717, 1.165) is 28.9 Å². The van der Waals surface area contributed by atoms with Gasteiger partial charge in [-0.1, -0.05) is 0 Å². The molecule has 0 aliphatic rings. The smallest absolute Gasteiger partial charge is 0.165 e. The van der Waals surface area contributed by atoms with E-state index in [0.29, 0.717) is 6.54 Å². The third kappa shape index (κ3) is 2.46. The van der Waals surface area contributed by atoms with Crippen molar-refractivity contribution in [3.8, 4) is 17.0 Å². The van der Waals surface area contributed by atoms with Crippen molar-refractivity contribution >= 4 is 0 Å². The van der Waals surface area contributed by atoms with Gasteiger partial charge in [0.25, 0.3) is 0 Å². The van der Waals surface area contributed by atoms with Gasteiger partial charge in [0.15, 0.2) is 11.6 Å². The fraction of sp³-hybridized carbons (Fsp3) is 0.357. The number of rotatable bonds is 4. The van der Waals surface area contributed by atoms with E-state index in [-0.39, 0.29) is 11.6 Å². The number of ether oxygens (including phenoxy) is 1. The summed E-state index contributed by atoms with van der Waals surface area (Å²) in [5, 5.41) is 4.45. The second-order valence-corrected chi connectivity index (χ2v) is 4.43. The van der Waals surface area contributed by atoms with Gasteiger partial charge in [-0.2, -0.15) is 5.10 Å². The molecule has 0 aliphatic heterocycles. The number of aromatic nitrogens is 2. The van der Waals surface area contributed by atoms with Crippen LogP contribution >= 0.6 is 0 Å². The van der Waals surface area contributed by atoms with Crippen molar-refractivity contribution in [1.29, 1.82) is 0 Å². The van der Waals surface area contributed by atoms with E-state index in [1.165, 1.54) is 13.2 Å². The first-order chi connectivity index (χ1) is 9.08. The topological polar surface area (TPSA) is 53.1 Å². The van der Waals surface area contributed by atoms with Crippen LogP contribution in [0.2, 0.25) is 0 Å². The SMILES string of the molecule is COc1ccc(-c2nn(C)c(CCN)c2C)cc1F. The quantitative estimate of drug-likeness (QED) is 0.918. The number of halogens is 1. The van der Waals surface area contributed by atoms with Gasteiger partial charge in [0.05, 0.1) is 12.8 Å². The van der Waals surface area contributed by atoms with Crippen LogP contribution in [0.15, 0.2) is 18.2 Å². The molecule has 102 valence electrons. The minimum Gasteiger partial charge on any atom is -0.494 e. The van der Waals surface area contributed by atoms with E-state index in [9.17, 15) is 4.39 Å². The first-order valence-corrected chi connectivity index (χ1v) is 6.15. The van der Waals surface area contributed by atoms with Gasteiger partial charge in [0.1, 0.15) is 0 Å². The first kappa shape index (κ1) is 13.5. The van der Waals surface area contributed by atoms with Gasteiger partial charge in [-0.25, -0.2) is 4.39 Å². The summed E-state index contributed by atoms with van der Waals surface area (Å²) in [5.74, 6) is -0.148. The molecular weight excluding hydrogens is 245 g/mol. The van der Waals surface area contributed by atoms with Gasteiger partial charge in [0, 0.05) is 24.7 Å². The molecule has 19 heavy (non-hydrogen) atoms. The zero-order valence-corrected chi connectivity index (χ0v) is 11.4. The summed E-state index contributed by atoms with van der Waals surface area (Å²) < 4.78 is 20.5. The third-order valence-corrected chi connectivity index (χ3v) is 3.24. The molecule has 2 rings (SSSR count). The number of nitrogens with zero attached hydrogens (tertiary/aromatic N) is 2. The lowest BCUT2D eigenvalue weighted by Gasteiger charge is -2.04. The monoisotopic (exact) mass is 263 g/mol.